The van der Waals surface area contributed by atoms with E-state index in [1.165, 1.54) is 0 Å². The van der Waals surface area contributed by atoms with E-state index in [0.29, 0.717) is 0 Å². The normalized spacial score (nSPS) is 10.9. The Morgan fingerprint density at radius 1 is 1.41 bits per heavy atom. The maximum Gasteiger partial charge on any atom is 0.160 e. The van der Waals surface area contributed by atoms with Crippen molar-refractivity contribution in [2.24, 2.45) is 7.05 Å². The number of aromatic nitrogens is 4. The van der Waals surface area contributed by atoms with E-state index in [9.17, 15) is 0 Å². The first-order chi connectivity index (χ1) is 8.22. The van der Waals surface area contributed by atoms with Crippen molar-refractivity contribution in [1.29, 1.82) is 0 Å². The molecule has 86 valence electrons. The molecule has 0 aliphatic rings. The Balaban J connectivity index is 2.00. The van der Waals surface area contributed by atoms with Crippen LogP contribution in [0, 0.1) is 0 Å². The maximum atomic E-state index is 4.25. The highest BCUT2D eigenvalue weighted by atomic mass is 79.9. The molecule has 0 spiro atoms. The molecule has 0 radical (unpaired) electrons. The monoisotopic (exact) mass is 291 g/mol. The molecule has 0 aliphatic heterocycles. The summed E-state index contributed by atoms with van der Waals surface area (Å²) in [4.78, 5) is 0. The van der Waals surface area contributed by atoms with E-state index in [0.717, 1.165) is 26.9 Å². The fourth-order valence-corrected chi connectivity index (χ4v) is 2.07. The van der Waals surface area contributed by atoms with Crippen LogP contribution in [0.15, 0.2) is 35.1 Å². The molecule has 0 saturated heterocycles. The summed E-state index contributed by atoms with van der Waals surface area (Å²) in [7, 11) is 1.88. The van der Waals surface area contributed by atoms with Crippen molar-refractivity contribution >= 4 is 38.3 Å². The van der Waals surface area contributed by atoms with Gasteiger partial charge >= 0.3 is 0 Å². The highest BCUT2D eigenvalue weighted by molar-refractivity contribution is 9.10. The van der Waals surface area contributed by atoms with Crippen molar-refractivity contribution < 1.29 is 0 Å². The lowest BCUT2D eigenvalue weighted by molar-refractivity contribution is 0.768. The Kier molecular flexibility index (Phi) is 2.36. The fourth-order valence-electron chi connectivity index (χ4n) is 1.71. The summed E-state index contributed by atoms with van der Waals surface area (Å²) in [5.74, 6) is 0.806. The summed E-state index contributed by atoms with van der Waals surface area (Å²) in [5, 5.41) is 15.6. The first-order valence-electron chi connectivity index (χ1n) is 5.12. The Labute approximate surface area is 106 Å². The highest BCUT2D eigenvalue weighted by Crippen LogP contribution is 2.25. The zero-order valence-corrected chi connectivity index (χ0v) is 10.7. The van der Waals surface area contributed by atoms with Crippen molar-refractivity contribution in [2.45, 2.75) is 0 Å². The van der Waals surface area contributed by atoms with Crippen LogP contribution < -0.4 is 5.32 Å². The number of hydrogen-bond donors (Lipinski definition) is 2. The van der Waals surface area contributed by atoms with E-state index in [-0.39, 0.29) is 0 Å². The van der Waals surface area contributed by atoms with Crippen LogP contribution in [0.4, 0.5) is 11.5 Å². The second-order valence-electron chi connectivity index (χ2n) is 3.79. The molecule has 2 heterocycles. The van der Waals surface area contributed by atoms with Crippen LogP contribution in [0.1, 0.15) is 0 Å². The lowest BCUT2D eigenvalue weighted by atomic mass is 10.2. The predicted octanol–water partition coefficient (Wildman–Crippen LogP) is 2.80. The van der Waals surface area contributed by atoms with Gasteiger partial charge in [-0.15, -0.1) is 0 Å². The zero-order valence-electron chi connectivity index (χ0n) is 9.11. The number of fused-ring (bicyclic) bond motifs is 1. The van der Waals surface area contributed by atoms with E-state index < -0.39 is 0 Å². The van der Waals surface area contributed by atoms with E-state index in [2.05, 4.69) is 36.5 Å². The summed E-state index contributed by atoms with van der Waals surface area (Å²) in [6, 6.07) is 6.00. The molecule has 3 rings (SSSR count). The smallest absolute Gasteiger partial charge is 0.160 e. The molecule has 0 bridgehead atoms. The van der Waals surface area contributed by atoms with Crippen molar-refractivity contribution in [3.63, 3.8) is 0 Å². The van der Waals surface area contributed by atoms with Crippen molar-refractivity contribution in [3.8, 4) is 0 Å². The molecule has 2 N–H and O–H groups in total. The number of nitrogens with one attached hydrogen (secondary N) is 2. The lowest BCUT2D eigenvalue weighted by Crippen LogP contribution is -1.89. The first kappa shape index (κ1) is 10.3. The molecule has 0 saturated carbocycles. The quantitative estimate of drug-likeness (QED) is 0.763. The number of nitrogens with zero attached hydrogens (tertiary/aromatic N) is 3. The number of H-pyrrole nitrogens is 1. The highest BCUT2D eigenvalue weighted by Gasteiger charge is 2.06. The number of halogens is 1. The van der Waals surface area contributed by atoms with Gasteiger partial charge in [-0.1, -0.05) is 15.9 Å². The maximum absolute atomic E-state index is 4.25. The first-order valence-corrected chi connectivity index (χ1v) is 5.91. The molecule has 0 fully saturated rings. The number of benzene rings is 1. The SMILES string of the molecule is Cn1cc(Nc2n[nH]c3cc(Br)ccc23)cn1. The van der Waals surface area contributed by atoms with Crippen LogP contribution in [0.25, 0.3) is 10.9 Å². The van der Waals surface area contributed by atoms with Gasteiger partial charge in [-0.2, -0.15) is 10.2 Å². The molecule has 0 amide bonds. The van der Waals surface area contributed by atoms with Gasteiger partial charge in [0, 0.05) is 23.1 Å². The third-order valence-electron chi connectivity index (χ3n) is 2.49. The van der Waals surface area contributed by atoms with E-state index in [1.54, 1.807) is 10.9 Å². The average Bonchev–Trinajstić information content (AvgIpc) is 2.86. The molecule has 1 aromatic carbocycles. The summed E-state index contributed by atoms with van der Waals surface area (Å²) < 4.78 is 2.77. The number of rotatable bonds is 2. The Bertz CT molecular complexity index is 669. The van der Waals surface area contributed by atoms with Gasteiger partial charge < -0.3 is 5.32 Å². The van der Waals surface area contributed by atoms with Crippen LogP contribution in [-0.2, 0) is 7.05 Å². The molecule has 17 heavy (non-hydrogen) atoms. The van der Waals surface area contributed by atoms with Crippen LogP contribution >= 0.6 is 15.9 Å². The van der Waals surface area contributed by atoms with Crippen LogP contribution in [-0.4, -0.2) is 20.0 Å². The Morgan fingerprint density at radius 2 is 2.29 bits per heavy atom. The number of aryl methyl sites for hydroxylation is 1. The molecule has 5 nitrogen and oxygen atoms in total. The van der Waals surface area contributed by atoms with Crippen molar-refractivity contribution in [1.82, 2.24) is 20.0 Å². The van der Waals surface area contributed by atoms with E-state index in [4.69, 9.17) is 0 Å². The summed E-state index contributed by atoms with van der Waals surface area (Å²) >= 11 is 3.43. The summed E-state index contributed by atoms with van der Waals surface area (Å²) in [5.41, 5.74) is 1.91. The van der Waals surface area contributed by atoms with Gasteiger partial charge in [-0.05, 0) is 18.2 Å². The minimum absolute atomic E-state index is 0.806. The molecule has 0 unspecified atom stereocenters. The van der Waals surface area contributed by atoms with Crippen LogP contribution in [0.2, 0.25) is 0 Å². The molecule has 0 atom stereocenters. The zero-order chi connectivity index (χ0) is 11.8. The topological polar surface area (TPSA) is 58.5 Å². The van der Waals surface area contributed by atoms with Crippen molar-refractivity contribution in [2.75, 3.05) is 5.32 Å². The van der Waals surface area contributed by atoms with E-state index in [1.807, 2.05) is 31.4 Å². The second kappa shape index (κ2) is 3.89. The summed E-state index contributed by atoms with van der Waals surface area (Å²) in [6.07, 6.45) is 3.67. The van der Waals surface area contributed by atoms with Gasteiger partial charge in [0.15, 0.2) is 5.82 Å². The molecule has 2 aromatic heterocycles. The van der Waals surface area contributed by atoms with E-state index >= 15 is 0 Å². The molecule has 6 heteroatoms. The minimum Gasteiger partial charge on any atom is -0.336 e. The van der Waals surface area contributed by atoms with Gasteiger partial charge in [0.1, 0.15) is 0 Å². The molecule has 0 aliphatic carbocycles. The van der Waals surface area contributed by atoms with Crippen LogP contribution in [0.3, 0.4) is 0 Å². The Morgan fingerprint density at radius 3 is 3.06 bits per heavy atom. The number of hydrogen-bond acceptors (Lipinski definition) is 3. The molecular formula is C11H10BrN5. The van der Waals surface area contributed by atoms with Gasteiger partial charge in [-0.3, -0.25) is 9.78 Å². The predicted molar refractivity (Wildman–Crippen MR) is 70.3 cm³/mol. The standard InChI is InChI=1S/C11H10BrN5/c1-17-6-8(5-13-17)14-11-9-3-2-7(12)4-10(9)15-16-11/h2-6H,1H3,(H2,14,15,16). The van der Waals surface area contributed by atoms with Gasteiger partial charge in [0.05, 0.1) is 17.4 Å². The third kappa shape index (κ3) is 1.91. The molecular weight excluding hydrogens is 282 g/mol. The molecule has 3 aromatic rings. The third-order valence-corrected chi connectivity index (χ3v) is 2.99. The Hall–Kier alpha value is -1.82. The van der Waals surface area contributed by atoms with Crippen LogP contribution in [0.5, 0.6) is 0 Å². The summed E-state index contributed by atoms with van der Waals surface area (Å²) in [6.45, 7) is 0. The number of anilines is 2. The largest absolute Gasteiger partial charge is 0.336 e. The average molecular weight is 292 g/mol. The second-order valence-corrected chi connectivity index (χ2v) is 4.71. The fraction of sp³-hybridized carbons (Fsp3) is 0.0909. The van der Waals surface area contributed by atoms with Gasteiger partial charge in [0.25, 0.3) is 0 Å². The lowest BCUT2D eigenvalue weighted by Gasteiger charge is -1.98. The minimum atomic E-state index is 0.806. The van der Waals surface area contributed by atoms with Crippen molar-refractivity contribution in [3.05, 3.63) is 35.1 Å². The number of aromatic amines is 1. The van der Waals surface area contributed by atoms with Gasteiger partial charge in [0.2, 0.25) is 0 Å². The van der Waals surface area contributed by atoms with Gasteiger partial charge in [-0.25, -0.2) is 0 Å².